The number of carbonyl (C=O) groups excluding carboxylic acids is 2. The number of phosphoric ester groups is 4. The molecule has 0 amide bonds. The second-order valence-electron chi connectivity index (χ2n) is 17.6. The van der Waals surface area contributed by atoms with E-state index in [1.54, 1.807) is 0 Å². The van der Waals surface area contributed by atoms with Gasteiger partial charge < -0.3 is 58.8 Å². The predicted octanol–water partition coefficient (Wildman–Crippen LogP) is 8.94. The maximum absolute atomic E-state index is 12.3. The fourth-order valence-corrected chi connectivity index (χ4v) is 9.63. The van der Waals surface area contributed by atoms with Crippen molar-refractivity contribution >= 4 is 43.2 Å². The number of hydrogen-bond donors (Lipinski definition) is 10. The van der Waals surface area contributed by atoms with E-state index in [1.807, 2.05) is 0 Å². The Labute approximate surface area is 410 Å². The monoisotopic (exact) mass is 1080 g/mol. The van der Waals surface area contributed by atoms with Crippen LogP contribution in [0, 0.1) is 5.92 Å². The van der Waals surface area contributed by atoms with Crippen molar-refractivity contribution in [3.05, 3.63) is 0 Å². The van der Waals surface area contributed by atoms with Gasteiger partial charge in [-0.25, -0.2) is 18.3 Å². The minimum atomic E-state index is -5.40. The van der Waals surface area contributed by atoms with Crippen LogP contribution in [0.1, 0.15) is 208 Å². The van der Waals surface area contributed by atoms with E-state index in [-0.39, 0.29) is 26.9 Å². The minimum absolute atomic E-state index is 0. The molecule has 414 valence electrons. The Morgan fingerprint density at radius 2 is 0.725 bits per heavy atom. The second kappa shape index (κ2) is 39.7. The molecule has 1 aliphatic rings. The highest BCUT2D eigenvalue weighted by Gasteiger charge is 2.55. The van der Waals surface area contributed by atoms with Crippen LogP contribution in [0.3, 0.4) is 0 Å². The van der Waals surface area contributed by atoms with Crippen molar-refractivity contribution < 1.29 is 105 Å². The lowest BCUT2D eigenvalue weighted by Crippen LogP contribution is -2.62. The van der Waals surface area contributed by atoms with Crippen molar-refractivity contribution in [1.82, 2.24) is 0 Å². The van der Waals surface area contributed by atoms with Gasteiger partial charge in [-0.15, -0.1) is 0 Å². The molecule has 0 aromatic rings. The van der Waals surface area contributed by atoms with E-state index >= 15 is 0 Å². The molecule has 0 radical (unpaired) electrons. The van der Waals surface area contributed by atoms with Gasteiger partial charge in [0, 0.05) is 18.8 Å². The fourth-order valence-electron chi connectivity index (χ4n) is 7.59. The number of esters is 2. The van der Waals surface area contributed by atoms with E-state index in [2.05, 4.69) is 31.9 Å². The van der Waals surface area contributed by atoms with Gasteiger partial charge in [0.25, 0.3) is 0 Å². The van der Waals surface area contributed by atoms with Crippen LogP contribution in [0.2, 0.25) is 0 Å². The highest BCUT2D eigenvalue weighted by Crippen LogP contribution is 2.51. The Balaban J connectivity index is 0. The largest absolute Gasteiger partial charge is 0.470 e. The standard InChI is InChI=1S/C35H69O8P.C7H17O14P3.CH4/c1-3-5-7-9-11-13-15-17-19-21-23-25-27-29-34(36)41-31-33(32-42-44(38,39)40)43-35(37)30-28-26-24-22-20-18-16-14-12-10-8-6-4-2;1-2-3(8)5(19-22(10,11)12)7(21-24(16,17)18)6(4(2)9)20-23(13,14)15;/h33H,3-32H2,1-2H3,(H2,38,39,40);2-9H,1H3,(H2,10,11,12)(H2,13,14,15)(H2,16,17,18);1H4/t33-;;/m1../s1. The Morgan fingerprint density at radius 3 is 1.03 bits per heavy atom. The molecule has 0 spiro atoms. The van der Waals surface area contributed by atoms with Crippen molar-refractivity contribution in [2.75, 3.05) is 13.2 Å². The summed E-state index contributed by atoms with van der Waals surface area (Å²) in [7, 11) is -20.8. The fraction of sp³-hybridized carbons (Fsp3) is 0.953. The molecule has 1 aliphatic carbocycles. The number of phosphoric acid groups is 4. The number of hydrogen-bond acceptors (Lipinski definition) is 14. The van der Waals surface area contributed by atoms with Crippen LogP contribution in [-0.2, 0) is 55.4 Å². The first-order chi connectivity index (χ1) is 31.8. The van der Waals surface area contributed by atoms with Crippen LogP contribution in [-0.4, -0.2) is 111 Å². The van der Waals surface area contributed by atoms with Crippen LogP contribution in [0.15, 0.2) is 0 Å². The number of ether oxygens (including phenoxy) is 2. The van der Waals surface area contributed by atoms with E-state index in [0.29, 0.717) is 6.42 Å². The Kier molecular flexibility index (Phi) is 40.5. The van der Waals surface area contributed by atoms with Gasteiger partial charge in [-0.05, 0) is 12.8 Å². The van der Waals surface area contributed by atoms with Crippen LogP contribution >= 0.6 is 31.3 Å². The second-order valence-corrected chi connectivity index (χ2v) is 22.4. The van der Waals surface area contributed by atoms with Gasteiger partial charge in [0.2, 0.25) is 0 Å². The first-order valence-electron chi connectivity index (χ1n) is 24.4. The van der Waals surface area contributed by atoms with Crippen LogP contribution in [0.4, 0.5) is 0 Å². The molecule has 26 heteroatoms. The summed E-state index contributed by atoms with van der Waals surface area (Å²) in [5.74, 6) is -2.18. The molecule has 0 bridgehead atoms. The van der Waals surface area contributed by atoms with Crippen molar-refractivity contribution in [2.45, 2.75) is 245 Å². The van der Waals surface area contributed by atoms with Crippen molar-refractivity contribution in [3.63, 3.8) is 0 Å². The Morgan fingerprint density at radius 1 is 0.435 bits per heavy atom. The number of aliphatic hydroxyl groups is 2. The summed E-state index contributed by atoms with van der Waals surface area (Å²) in [6.07, 6.45) is 20.6. The van der Waals surface area contributed by atoms with Crippen molar-refractivity contribution in [1.29, 1.82) is 0 Å². The lowest BCUT2D eigenvalue weighted by Gasteiger charge is -2.45. The first-order valence-corrected chi connectivity index (χ1v) is 30.6. The van der Waals surface area contributed by atoms with E-state index in [9.17, 15) is 38.1 Å². The molecule has 0 aliphatic heterocycles. The Bertz CT molecular complexity index is 1460. The van der Waals surface area contributed by atoms with E-state index in [4.69, 9.17) is 48.6 Å². The van der Waals surface area contributed by atoms with Crippen LogP contribution < -0.4 is 0 Å². The molecule has 0 aromatic carbocycles. The highest BCUT2D eigenvalue weighted by atomic mass is 31.2. The van der Waals surface area contributed by atoms with E-state index in [0.717, 1.165) is 39.0 Å². The SMILES string of the molecule is C.CC1C(O)C(OP(=O)(O)O)C(OP(=O)(O)O)C(OP(=O)(O)O)C1O.CCCCCCCCCCCCCCCC(=O)OC[C@H](COP(=O)(O)O)OC(=O)CCCCCCCCCCCCCCC. The number of unbranched alkanes of at least 4 members (excludes halogenated alkanes) is 24. The molecular formula is C43H90O22P4. The highest BCUT2D eigenvalue weighted by molar-refractivity contribution is 7.47. The molecule has 0 heterocycles. The topological polar surface area (TPSA) is 360 Å². The maximum atomic E-state index is 12.3. The Hall–Kier alpha value is -0.700. The summed E-state index contributed by atoms with van der Waals surface area (Å²) in [6, 6.07) is 0. The zero-order chi connectivity index (χ0) is 51.7. The maximum Gasteiger partial charge on any atom is 0.470 e. The molecular weight excluding hydrogens is 992 g/mol. The third kappa shape index (κ3) is 41.4. The molecule has 1 fully saturated rings. The van der Waals surface area contributed by atoms with E-state index < -0.39 is 92.4 Å². The molecule has 22 nitrogen and oxygen atoms in total. The summed E-state index contributed by atoms with van der Waals surface area (Å²) < 4.78 is 71.9. The lowest BCUT2D eigenvalue weighted by atomic mass is 9.79. The summed E-state index contributed by atoms with van der Waals surface area (Å²) in [6.45, 7) is 4.80. The predicted molar refractivity (Wildman–Crippen MR) is 258 cm³/mol. The smallest absolute Gasteiger partial charge is 0.462 e. The third-order valence-corrected chi connectivity index (χ3v) is 13.3. The number of rotatable bonds is 40. The van der Waals surface area contributed by atoms with Gasteiger partial charge in [-0.1, -0.05) is 182 Å². The molecule has 0 aromatic heterocycles. The molecule has 69 heavy (non-hydrogen) atoms. The first kappa shape index (κ1) is 70.4. The summed E-state index contributed by atoms with van der Waals surface area (Å²) in [4.78, 5) is 95.7. The molecule has 1 saturated carbocycles. The summed E-state index contributed by atoms with van der Waals surface area (Å²) >= 11 is 0. The van der Waals surface area contributed by atoms with E-state index in [1.165, 1.54) is 128 Å². The summed E-state index contributed by atoms with van der Waals surface area (Å²) in [5.41, 5.74) is 0. The third-order valence-electron chi connectivity index (χ3n) is 11.3. The van der Waals surface area contributed by atoms with Gasteiger partial charge in [0.15, 0.2) is 6.10 Å². The van der Waals surface area contributed by atoms with Crippen molar-refractivity contribution in [2.24, 2.45) is 5.92 Å². The van der Waals surface area contributed by atoms with Gasteiger partial charge in [-0.2, -0.15) is 0 Å². The molecule has 1 rings (SSSR count). The van der Waals surface area contributed by atoms with Gasteiger partial charge in [-0.3, -0.25) is 27.7 Å². The number of carbonyl (C=O) groups is 2. The average molecular weight is 1080 g/mol. The normalized spacial score (nSPS) is 20.4. The molecule has 10 N–H and O–H groups in total. The zero-order valence-corrected chi connectivity index (χ0v) is 44.0. The van der Waals surface area contributed by atoms with Crippen LogP contribution in [0.25, 0.3) is 0 Å². The van der Waals surface area contributed by atoms with Crippen molar-refractivity contribution in [3.8, 4) is 0 Å². The number of aliphatic hydroxyl groups excluding tert-OH is 2. The lowest BCUT2D eigenvalue weighted by molar-refractivity contribution is -0.188. The molecule has 5 atom stereocenters. The van der Waals surface area contributed by atoms with Gasteiger partial charge >= 0.3 is 43.2 Å². The zero-order valence-electron chi connectivity index (χ0n) is 40.4. The minimum Gasteiger partial charge on any atom is -0.462 e. The van der Waals surface area contributed by atoms with Gasteiger partial charge in [0.05, 0.1) is 18.8 Å². The summed E-state index contributed by atoms with van der Waals surface area (Å²) in [5, 5.41) is 19.9. The van der Waals surface area contributed by atoms with Gasteiger partial charge in [0.1, 0.15) is 24.9 Å². The quantitative estimate of drug-likeness (QED) is 0.0155. The van der Waals surface area contributed by atoms with Crippen LogP contribution in [0.5, 0.6) is 0 Å². The molecule has 4 unspecified atom stereocenters. The molecule has 0 saturated heterocycles. The average Bonchev–Trinajstić information content (AvgIpc) is 3.23.